The van der Waals surface area contributed by atoms with Crippen molar-refractivity contribution in [2.75, 3.05) is 17.2 Å². The second-order valence-corrected chi connectivity index (χ2v) is 7.49. The summed E-state index contributed by atoms with van der Waals surface area (Å²) in [5.74, 6) is 0.597. The van der Waals surface area contributed by atoms with Crippen molar-refractivity contribution in [2.45, 2.75) is 33.6 Å². The topological polar surface area (TPSA) is 80.6 Å². The zero-order valence-corrected chi connectivity index (χ0v) is 17.6. The van der Waals surface area contributed by atoms with Gasteiger partial charge in [-0.05, 0) is 66.8 Å². The van der Waals surface area contributed by atoms with Gasteiger partial charge in [-0.25, -0.2) is 0 Å². The number of ether oxygens (including phenoxy) is 1. The summed E-state index contributed by atoms with van der Waals surface area (Å²) in [6.45, 7) is 7.94. The summed E-state index contributed by atoms with van der Waals surface area (Å²) in [7, 11) is 0. The van der Waals surface area contributed by atoms with Crippen LogP contribution in [0.25, 0.3) is 0 Å². The first-order chi connectivity index (χ1) is 14.3. The Morgan fingerprint density at radius 2 is 1.83 bits per heavy atom. The molecular formula is C24H26N2O4. The zero-order valence-electron chi connectivity index (χ0n) is 17.6. The fourth-order valence-corrected chi connectivity index (χ4v) is 3.01. The van der Waals surface area contributed by atoms with Crippen LogP contribution in [0.3, 0.4) is 0 Å². The Morgan fingerprint density at radius 1 is 1.03 bits per heavy atom. The van der Waals surface area contributed by atoms with Crippen LogP contribution in [0, 0.1) is 13.8 Å². The van der Waals surface area contributed by atoms with E-state index in [9.17, 15) is 9.59 Å². The van der Waals surface area contributed by atoms with Crippen LogP contribution in [0.5, 0.6) is 5.75 Å². The SMILES string of the molecule is Cc1ccc(C(C)C)c(OCC(=O)Nc2cc(NC(=O)c3ccco3)ccc2C)c1. The third kappa shape index (κ3) is 5.29. The van der Waals surface area contributed by atoms with E-state index >= 15 is 0 Å². The minimum absolute atomic E-state index is 0.106. The number of aryl methyl sites for hydroxylation is 2. The number of benzene rings is 2. The third-order valence-electron chi connectivity index (χ3n) is 4.66. The molecule has 0 aliphatic carbocycles. The average molecular weight is 406 g/mol. The Kier molecular flexibility index (Phi) is 6.57. The van der Waals surface area contributed by atoms with Crippen LogP contribution in [0.1, 0.15) is 47.0 Å². The van der Waals surface area contributed by atoms with Crippen molar-refractivity contribution in [1.29, 1.82) is 0 Å². The number of hydrogen-bond acceptors (Lipinski definition) is 4. The molecule has 0 spiro atoms. The van der Waals surface area contributed by atoms with Crippen LogP contribution >= 0.6 is 0 Å². The first kappa shape index (κ1) is 21.2. The molecule has 30 heavy (non-hydrogen) atoms. The van der Waals surface area contributed by atoms with Gasteiger partial charge in [0.1, 0.15) is 5.75 Å². The van der Waals surface area contributed by atoms with Gasteiger partial charge < -0.3 is 19.8 Å². The zero-order chi connectivity index (χ0) is 21.7. The van der Waals surface area contributed by atoms with E-state index in [-0.39, 0.29) is 24.2 Å². The molecule has 0 radical (unpaired) electrons. The van der Waals surface area contributed by atoms with Crippen LogP contribution in [0.2, 0.25) is 0 Å². The summed E-state index contributed by atoms with van der Waals surface area (Å²) >= 11 is 0. The van der Waals surface area contributed by atoms with Crippen LogP contribution in [-0.2, 0) is 4.79 Å². The molecule has 3 rings (SSSR count). The van der Waals surface area contributed by atoms with Gasteiger partial charge in [0.05, 0.1) is 6.26 Å². The molecule has 0 fully saturated rings. The van der Waals surface area contributed by atoms with E-state index < -0.39 is 0 Å². The molecule has 1 heterocycles. The van der Waals surface area contributed by atoms with Gasteiger partial charge in [0.15, 0.2) is 12.4 Å². The summed E-state index contributed by atoms with van der Waals surface area (Å²) in [4.78, 5) is 24.6. The average Bonchev–Trinajstić information content (AvgIpc) is 3.24. The lowest BCUT2D eigenvalue weighted by Gasteiger charge is -2.15. The molecule has 0 aliphatic rings. The summed E-state index contributed by atoms with van der Waals surface area (Å²) < 4.78 is 10.9. The van der Waals surface area contributed by atoms with Gasteiger partial charge in [-0.2, -0.15) is 0 Å². The standard InChI is InChI=1S/C24H26N2O4/c1-15(2)19-10-7-16(3)12-22(19)30-14-23(27)26-20-13-18(9-8-17(20)4)25-24(28)21-6-5-11-29-21/h5-13,15H,14H2,1-4H3,(H,25,28)(H,26,27). The lowest BCUT2D eigenvalue weighted by molar-refractivity contribution is -0.118. The highest BCUT2D eigenvalue weighted by atomic mass is 16.5. The lowest BCUT2D eigenvalue weighted by Crippen LogP contribution is -2.21. The van der Waals surface area contributed by atoms with Crippen LogP contribution < -0.4 is 15.4 Å². The molecule has 156 valence electrons. The Hall–Kier alpha value is -3.54. The molecule has 0 unspecified atom stereocenters. The number of anilines is 2. The van der Waals surface area contributed by atoms with Crippen LogP contribution in [0.15, 0.2) is 59.2 Å². The van der Waals surface area contributed by atoms with Crippen LogP contribution in [0.4, 0.5) is 11.4 Å². The van der Waals surface area contributed by atoms with Gasteiger partial charge >= 0.3 is 0 Å². The van der Waals surface area contributed by atoms with Crippen molar-refractivity contribution in [3.8, 4) is 5.75 Å². The van der Waals surface area contributed by atoms with Gasteiger partial charge in [-0.1, -0.05) is 32.0 Å². The van der Waals surface area contributed by atoms with Crippen molar-refractivity contribution in [3.63, 3.8) is 0 Å². The maximum absolute atomic E-state index is 12.5. The molecule has 0 saturated carbocycles. The van der Waals surface area contributed by atoms with Gasteiger partial charge in [0.2, 0.25) is 0 Å². The summed E-state index contributed by atoms with van der Waals surface area (Å²) in [5.41, 5.74) is 4.17. The van der Waals surface area contributed by atoms with E-state index in [1.807, 2.05) is 38.1 Å². The highest BCUT2D eigenvalue weighted by Crippen LogP contribution is 2.27. The minimum Gasteiger partial charge on any atom is -0.483 e. The van der Waals surface area contributed by atoms with E-state index in [0.29, 0.717) is 17.3 Å². The van der Waals surface area contributed by atoms with E-state index in [4.69, 9.17) is 9.15 Å². The minimum atomic E-state index is -0.356. The summed E-state index contributed by atoms with van der Waals surface area (Å²) in [5, 5.41) is 5.61. The third-order valence-corrected chi connectivity index (χ3v) is 4.66. The molecule has 0 atom stereocenters. The molecule has 0 saturated heterocycles. The normalized spacial score (nSPS) is 10.7. The fraction of sp³-hybridized carbons (Fsp3) is 0.250. The first-order valence-corrected chi connectivity index (χ1v) is 9.82. The Balaban J connectivity index is 1.65. The second kappa shape index (κ2) is 9.31. The monoisotopic (exact) mass is 406 g/mol. The summed E-state index contributed by atoms with van der Waals surface area (Å²) in [6, 6.07) is 14.5. The molecule has 2 N–H and O–H groups in total. The van der Waals surface area contributed by atoms with Crippen molar-refractivity contribution >= 4 is 23.2 Å². The van der Waals surface area contributed by atoms with E-state index in [2.05, 4.69) is 24.5 Å². The molecule has 6 heteroatoms. The Bertz CT molecular complexity index is 1040. The number of rotatable bonds is 7. The number of nitrogens with one attached hydrogen (secondary N) is 2. The Morgan fingerprint density at radius 3 is 2.53 bits per heavy atom. The smallest absolute Gasteiger partial charge is 0.291 e. The molecular weight excluding hydrogens is 380 g/mol. The largest absolute Gasteiger partial charge is 0.483 e. The molecule has 2 amide bonds. The number of carbonyl (C=O) groups is 2. The van der Waals surface area contributed by atoms with Crippen molar-refractivity contribution in [3.05, 3.63) is 77.2 Å². The van der Waals surface area contributed by atoms with Gasteiger partial charge in [-0.3, -0.25) is 9.59 Å². The quantitative estimate of drug-likeness (QED) is 0.559. The number of hydrogen-bond donors (Lipinski definition) is 2. The lowest BCUT2D eigenvalue weighted by atomic mass is 10.0. The number of amides is 2. The maximum atomic E-state index is 12.5. The molecule has 2 aromatic carbocycles. The highest BCUT2D eigenvalue weighted by Gasteiger charge is 2.13. The highest BCUT2D eigenvalue weighted by molar-refractivity contribution is 6.03. The van der Waals surface area contributed by atoms with Gasteiger partial charge in [0.25, 0.3) is 11.8 Å². The van der Waals surface area contributed by atoms with E-state index in [1.54, 1.807) is 24.3 Å². The maximum Gasteiger partial charge on any atom is 0.291 e. The first-order valence-electron chi connectivity index (χ1n) is 9.82. The van der Waals surface area contributed by atoms with Gasteiger partial charge in [-0.15, -0.1) is 0 Å². The second-order valence-electron chi connectivity index (χ2n) is 7.49. The molecule has 0 aliphatic heterocycles. The predicted octanol–water partition coefficient (Wildman–Crippen LogP) is 5.29. The van der Waals surface area contributed by atoms with Gasteiger partial charge in [0, 0.05) is 11.4 Å². The fourth-order valence-electron chi connectivity index (χ4n) is 3.01. The molecule has 0 bridgehead atoms. The van der Waals surface area contributed by atoms with Crippen LogP contribution in [-0.4, -0.2) is 18.4 Å². The molecule has 1 aromatic heterocycles. The van der Waals surface area contributed by atoms with Crippen molar-refractivity contribution < 1.29 is 18.7 Å². The molecule has 3 aromatic rings. The van der Waals surface area contributed by atoms with E-state index in [0.717, 1.165) is 22.4 Å². The number of furan rings is 1. The predicted molar refractivity (Wildman–Crippen MR) is 117 cm³/mol. The summed E-state index contributed by atoms with van der Waals surface area (Å²) in [6.07, 6.45) is 1.44. The van der Waals surface area contributed by atoms with Crippen molar-refractivity contribution in [2.24, 2.45) is 0 Å². The van der Waals surface area contributed by atoms with E-state index in [1.165, 1.54) is 6.26 Å². The Labute approximate surface area is 176 Å². The van der Waals surface area contributed by atoms with Crippen molar-refractivity contribution in [1.82, 2.24) is 0 Å². The number of carbonyl (C=O) groups excluding carboxylic acids is 2. The molecule has 6 nitrogen and oxygen atoms in total.